The van der Waals surface area contributed by atoms with Gasteiger partial charge in [0.15, 0.2) is 5.78 Å². The molecule has 170 valence electrons. The van der Waals surface area contributed by atoms with E-state index in [9.17, 15) is 23.6 Å². The number of amides is 3. The van der Waals surface area contributed by atoms with Crippen LogP contribution in [-0.2, 0) is 9.59 Å². The zero-order chi connectivity index (χ0) is 23.9. The quantitative estimate of drug-likeness (QED) is 0.351. The van der Waals surface area contributed by atoms with Crippen LogP contribution in [-0.4, -0.2) is 40.1 Å². The number of nitrogens with zero attached hydrogens (tertiary/aromatic N) is 2. The van der Waals surface area contributed by atoms with Gasteiger partial charge in [0.05, 0.1) is 21.9 Å². The lowest BCUT2D eigenvalue weighted by Crippen LogP contribution is -2.52. The summed E-state index contributed by atoms with van der Waals surface area (Å²) in [4.78, 5) is 52.9. The Morgan fingerprint density at radius 2 is 1.70 bits per heavy atom. The van der Waals surface area contributed by atoms with Crippen molar-refractivity contribution in [3.05, 3.63) is 81.6 Å². The first-order valence-electron chi connectivity index (χ1n) is 10.3. The van der Waals surface area contributed by atoms with E-state index in [1.165, 1.54) is 30.3 Å². The van der Waals surface area contributed by atoms with Crippen molar-refractivity contribution in [1.82, 2.24) is 10.0 Å². The second kappa shape index (κ2) is 9.08. The highest BCUT2D eigenvalue weighted by Crippen LogP contribution is 2.39. The average molecular weight is 489 g/mol. The number of fused-ring (bicyclic) bond motifs is 1. The number of benzene rings is 2. The number of ketones is 1. The summed E-state index contributed by atoms with van der Waals surface area (Å²) in [7, 11) is 0. The van der Waals surface area contributed by atoms with Crippen molar-refractivity contribution < 1.29 is 23.6 Å². The molecular formula is C24H19Cl2FN2O4. The molecule has 0 saturated carbocycles. The molecule has 0 unspecified atom stereocenters. The van der Waals surface area contributed by atoms with Gasteiger partial charge in [0.1, 0.15) is 12.4 Å². The molecule has 0 spiro atoms. The fourth-order valence-electron chi connectivity index (χ4n) is 4.24. The van der Waals surface area contributed by atoms with Crippen LogP contribution < -0.4 is 0 Å². The highest BCUT2D eigenvalue weighted by Gasteiger charge is 2.53. The molecule has 2 aromatic carbocycles. The SMILES string of the molecule is C[C@@H]1C=CC[C@@H]2C(=O)N(N(CC(=O)c3ccc(F)cc3)C(=O)c3ccc(Cl)c(Cl)c3)C(=O)[C@@H]12. The van der Waals surface area contributed by atoms with Crippen LogP contribution in [0.3, 0.4) is 0 Å². The van der Waals surface area contributed by atoms with Gasteiger partial charge in [0.2, 0.25) is 0 Å². The van der Waals surface area contributed by atoms with Gasteiger partial charge in [-0.2, -0.15) is 5.01 Å². The number of imide groups is 1. The Morgan fingerprint density at radius 1 is 1.03 bits per heavy atom. The molecule has 0 aromatic heterocycles. The number of Topliss-reactive ketones (excluding diaryl/α,β-unsaturated/α-hetero) is 1. The third-order valence-corrected chi connectivity index (χ3v) is 6.69. The fourth-order valence-corrected chi connectivity index (χ4v) is 4.54. The van der Waals surface area contributed by atoms with Gasteiger partial charge in [-0.25, -0.2) is 9.40 Å². The predicted molar refractivity (Wildman–Crippen MR) is 120 cm³/mol. The Balaban J connectivity index is 1.72. The van der Waals surface area contributed by atoms with Crippen LogP contribution in [0.5, 0.6) is 0 Å². The summed E-state index contributed by atoms with van der Waals surface area (Å²) in [5.74, 6) is -4.35. The highest BCUT2D eigenvalue weighted by molar-refractivity contribution is 6.42. The molecule has 6 nitrogen and oxygen atoms in total. The number of hydrogen-bond acceptors (Lipinski definition) is 4. The van der Waals surface area contributed by atoms with Crippen molar-refractivity contribution in [2.45, 2.75) is 13.3 Å². The summed E-state index contributed by atoms with van der Waals surface area (Å²) in [6.45, 7) is 1.24. The van der Waals surface area contributed by atoms with E-state index >= 15 is 0 Å². The highest BCUT2D eigenvalue weighted by atomic mass is 35.5. The number of rotatable bonds is 5. The molecule has 1 heterocycles. The summed E-state index contributed by atoms with van der Waals surface area (Å²) < 4.78 is 13.3. The maximum absolute atomic E-state index is 13.4. The minimum atomic E-state index is -0.759. The minimum absolute atomic E-state index is 0.0537. The number of allylic oxidation sites excluding steroid dienone is 2. The van der Waals surface area contributed by atoms with Gasteiger partial charge < -0.3 is 0 Å². The molecule has 3 atom stereocenters. The van der Waals surface area contributed by atoms with Crippen molar-refractivity contribution >= 4 is 46.7 Å². The van der Waals surface area contributed by atoms with Crippen LogP contribution in [0, 0.1) is 23.6 Å². The molecule has 2 aromatic rings. The van der Waals surface area contributed by atoms with Gasteiger partial charge in [0, 0.05) is 11.1 Å². The lowest BCUT2D eigenvalue weighted by molar-refractivity contribution is -0.154. The Kier molecular flexibility index (Phi) is 6.36. The van der Waals surface area contributed by atoms with E-state index in [-0.39, 0.29) is 27.1 Å². The van der Waals surface area contributed by atoms with Crippen LogP contribution in [0.2, 0.25) is 10.0 Å². The van der Waals surface area contributed by atoms with Crippen molar-refractivity contribution in [3.8, 4) is 0 Å². The molecule has 1 aliphatic heterocycles. The van der Waals surface area contributed by atoms with E-state index < -0.39 is 47.7 Å². The Morgan fingerprint density at radius 3 is 2.33 bits per heavy atom. The Labute approximate surface area is 199 Å². The van der Waals surface area contributed by atoms with E-state index in [1.54, 1.807) is 0 Å². The maximum atomic E-state index is 13.4. The molecular weight excluding hydrogens is 470 g/mol. The summed E-state index contributed by atoms with van der Waals surface area (Å²) in [6, 6.07) is 8.91. The second-order valence-electron chi connectivity index (χ2n) is 8.07. The van der Waals surface area contributed by atoms with E-state index in [0.717, 1.165) is 22.2 Å². The molecule has 1 fully saturated rings. The molecule has 9 heteroatoms. The van der Waals surface area contributed by atoms with Gasteiger partial charge in [-0.15, -0.1) is 0 Å². The molecule has 0 N–H and O–H groups in total. The van der Waals surface area contributed by atoms with Crippen LogP contribution in [0.4, 0.5) is 4.39 Å². The number of carbonyl (C=O) groups is 4. The van der Waals surface area contributed by atoms with Crippen molar-refractivity contribution in [1.29, 1.82) is 0 Å². The topological polar surface area (TPSA) is 74.8 Å². The predicted octanol–water partition coefficient (Wildman–Crippen LogP) is 4.57. The zero-order valence-corrected chi connectivity index (χ0v) is 19.0. The van der Waals surface area contributed by atoms with E-state index in [2.05, 4.69) is 0 Å². The first-order chi connectivity index (χ1) is 15.7. The summed E-state index contributed by atoms with van der Waals surface area (Å²) >= 11 is 12.0. The van der Waals surface area contributed by atoms with Gasteiger partial charge in [0.25, 0.3) is 17.7 Å². The van der Waals surface area contributed by atoms with Crippen LogP contribution in [0.1, 0.15) is 34.1 Å². The number of halogens is 3. The van der Waals surface area contributed by atoms with Gasteiger partial charge in [-0.1, -0.05) is 42.3 Å². The van der Waals surface area contributed by atoms with Crippen molar-refractivity contribution in [2.24, 2.45) is 17.8 Å². The van der Waals surface area contributed by atoms with Gasteiger partial charge >= 0.3 is 0 Å². The van der Waals surface area contributed by atoms with Gasteiger partial charge in [-0.3, -0.25) is 19.2 Å². The molecule has 1 aliphatic carbocycles. The minimum Gasteiger partial charge on any atom is -0.292 e. The summed E-state index contributed by atoms with van der Waals surface area (Å²) in [5.41, 5.74) is 0.188. The molecule has 33 heavy (non-hydrogen) atoms. The standard InChI is InChI=1S/C24H19Cl2FN2O4/c1-13-3-2-4-17-21(13)24(33)29(23(17)32)28(12-20(30)14-5-8-16(27)9-6-14)22(31)15-7-10-18(25)19(26)11-15/h2-3,5-11,13,17,21H,4,12H2,1H3/t13-,17+,21+/m1/s1. The number of hydrogen-bond donors (Lipinski definition) is 0. The van der Waals surface area contributed by atoms with Crippen LogP contribution >= 0.6 is 23.2 Å². The molecule has 2 aliphatic rings. The maximum Gasteiger partial charge on any atom is 0.273 e. The fraction of sp³-hybridized carbons (Fsp3) is 0.250. The van der Waals surface area contributed by atoms with Crippen LogP contribution in [0.25, 0.3) is 0 Å². The normalized spacial score (nSPS) is 21.8. The van der Waals surface area contributed by atoms with E-state index in [1.807, 2.05) is 19.1 Å². The largest absolute Gasteiger partial charge is 0.292 e. The smallest absolute Gasteiger partial charge is 0.273 e. The molecule has 3 amide bonds. The zero-order valence-electron chi connectivity index (χ0n) is 17.5. The average Bonchev–Trinajstić information content (AvgIpc) is 3.05. The Bertz CT molecular complexity index is 1180. The van der Waals surface area contributed by atoms with E-state index in [0.29, 0.717) is 6.42 Å². The number of carbonyl (C=O) groups excluding carboxylic acids is 4. The third-order valence-electron chi connectivity index (χ3n) is 5.95. The van der Waals surface area contributed by atoms with E-state index in [4.69, 9.17) is 23.2 Å². The van der Waals surface area contributed by atoms with Crippen molar-refractivity contribution in [2.75, 3.05) is 6.54 Å². The lowest BCUT2D eigenvalue weighted by atomic mass is 9.78. The molecule has 0 radical (unpaired) electrons. The number of hydrazine groups is 1. The molecule has 1 saturated heterocycles. The molecule has 4 rings (SSSR count). The van der Waals surface area contributed by atoms with Crippen LogP contribution in [0.15, 0.2) is 54.6 Å². The van der Waals surface area contributed by atoms with Gasteiger partial charge in [-0.05, 0) is 54.8 Å². The first-order valence-corrected chi connectivity index (χ1v) is 11.0. The monoisotopic (exact) mass is 488 g/mol. The summed E-state index contributed by atoms with van der Waals surface area (Å²) in [5, 5.41) is 1.96. The lowest BCUT2D eigenvalue weighted by Gasteiger charge is -2.30. The summed E-state index contributed by atoms with van der Waals surface area (Å²) in [6.07, 6.45) is 4.08. The first kappa shape index (κ1) is 23.1. The van der Waals surface area contributed by atoms with Crippen molar-refractivity contribution in [3.63, 3.8) is 0 Å². The molecule has 0 bridgehead atoms. The second-order valence-corrected chi connectivity index (χ2v) is 8.88. The Hall–Kier alpha value is -3.03. The third kappa shape index (κ3) is 4.30.